The lowest BCUT2D eigenvalue weighted by Gasteiger charge is -2.15. The van der Waals surface area contributed by atoms with Gasteiger partial charge in [0.15, 0.2) is 18.1 Å². The Labute approximate surface area is 187 Å². The molecule has 0 aliphatic rings. The number of aryl methyl sites for hydroxylation is 1. The molecule has 0 fully saturated rings. The van der Waals surface area contributed by atoms with E-state index in [2.05, 4.69) is 15.6 Å². The summed E-state index contributed by atoms with van der Waals surface area (Å²) in [6.45, 7) is 5.43. The normalized spacial score (nSPS) is 10.5. The first-order valence-electron chi connectivity index (χ1n) is 10.1. The fourth-order valence-electron chi connectivity index (χ4n) is 2.92. The highest BCUT2D eigenvalue weighted by Crippen LogP contribution is 2.33. The maximum atomic E-state index is 12.2. The van der Waals surface area contributed by atoms with Gasteiger partial charge in [0.05, 0.1) is 6.61 Å². The molecule has 3 aromatic rings. The van der Waals surface area contributed by atoms with Crippen LogP contribution in [-0.4, -0.2) is 24.1 Å². The topological polar surface area (TPSA) is 72.5 Å². The second-order valence-electron chi connectivity index (χ2n) is 6.99. The Morgan fingerprint density at radius 3 is 2.55 bits per heavy atom. The molecule has 3 rings (SSSR count). The first-order valence-corrected chi connectivity index (χ1v) is 10.5. The molecule has 0 bridgehead atoms. The number of nitrogens with one attached hydrogen (secondary N) is 2. The van der Waals surface area contributed by atoms with E-state index in [4.69, 9.17) is 21.1 Å². The lowest BCUT2D eigenvalue weighted by Crippen LogP contribution is -2.20. The quantitative estimate of drug-likeness (QED) is 0.477. The van der Waals surface area contributed by atoms with Gasteiger partial charge in [0.1, 0.15) is 0 Å². The van der Waals surface area contributed by atoms with E-state index in [9.17, 15) is 4.79 Å². The van der Waals surface area contributed by atoms with E-state index in [1.165, 1.54) is 0 Å². The second-order valence-corrected chi connectivity index (χ2v) is 7.40. The van der Waals surface area contributed by atoms with Gasteiger partial charge in [-0.15, -0.1) is 0 Å². The fourth-order valence-corrected chi connectivity index (χ4v) is 3.14. The molecule has 0 unspecified atom stereocenters. The summed E-state index contributed by atoms with van der Waals surface area (Å²) in [6.07, 6.45) is 3.56. The average molecular weight is 440 g/mol. The molecule has 162 valence electrons. The Morgan fingerprint density at radius 1 is 1.06 bits per heavy atom. The molecule has 0 saturated carbocycles. The van der Waals surface area contributed by atoms with Gasteiger partial charge >= 0.3 is 0 Å². The Hall–Kier alpha value is -3.09. The van der Waals surface area contributed by atoms with Crippen molar-refractivity contribution >= 4 is 23.2 Å². The number of benzene rings is 2. The van der Waals surface area contributed by atoms with Crippen LogP contribution >= 0.6 is 11.6 Å². The number of carbonyl (C=O) groups is 1. The standard InChI is InChI=1S/C24H26ClN3O3/c1-3-30-22-11-19(15-27-14-18-5-4-10-26-13-18)21(25)12-23(22)31-16-24(29)28-20-8-6-17(2)7-9-20/h4-13,27H,3,14-16H2,1-2H3,(H,28,29). The average Bonchev–Trinajstić information content (AvgIpc) is 2.77. The molecule has 1 heterocycles. The zero-order chi connectivity index (χ0) is 22.1. The zero-order valence-electron chi connectivity index (χ0n) is 17.7. The summed E-state index contributed by atoms with van der Waals surface area (Å²) in [6, 6.07) is 15.0. The molecule has 6 nitrogen and oxygen atoms in total. The maximum absolute atomic E-state index is 12.2. The van der Waals surface area contributed by atoms with Gasteiger partial charge in [0, 0.05) is 42.3 Å². The molecular formula is C24H26ClN3O3. The number of carbonyl (C=O) groups excluding carboxylic acids is 1. The predicted octanol–water partition coefficient (Wildman–Crippen LogP) is 4.75. The number of halogens is 1. The van der Waals surface area contributed by atoms with Gasteiger partial charge in [-0.1, -0.05) is 35.4 Å². The lowest BCUT2D eigenvalue weighted by atomic mass is 10.2. The van der Waals surface area contributed by atoms with Crippen molar-refractivity contribution in [2.24, 2.45) is 0 Å². The summed E-state index contributed by atoms with van der Waals surface area (Å²) in [5, 5.41) is 6.69. The van der Waals surface area contributed by atoms with Gasteiger partial charge in [-0.2, -0.15) is 0 Å². The Kier molecular flexibility index (Phi) is 8.27. The zero-order valence-corrected chi connectivity index (χ0v) is 18.4. The number of nitrogens with zero attached hydrogens (tertiary/aromatic N) is 1. The number of rotatable bonds is 10. The lowest BCUT2D eigenvalue weighted by molar-refractivity contribution is -0.118. The van der Waals surface area contributed by atoms with Gasteiger partial charge in [-0.25, -0.2) is 0 Å². The van der Waals surface area contributed by atoms with Crippen LogP contribution in [0.1, 0.15) is 23.6 Å². The number of anilines is 1. The van der Waals surface area contributed by atoms with Gasteiger partial charge in [-0.05, 0) is 49.2 Å². The van der Waals surface area contributed by atoms with Gasteiger partial charge < -0.3 is 20.1 Å². The van der Waals surface area contributed by atoms with E-state index in [0.29, 0.717) is 36.2 Å². The molecule has 7 heteroatoms. The molecular weight excluding hydrogens is 414 g/mol. The van der Waals surface area contributed by atoms with Gasteiger partial charge in [0.25, 0.3) is 5.91 Å². The summed E-state index contributed by atoms with van der Waals surface area (Å²) in [5.74, 6) is 0.722. The molecule has 0 aliphatic carbocycles. The van der Waals surface area contributed by atoms with Crippen LogP contribution in [0, 0.1) is 6.92 Å². The summed E-state index contributed by atoms with van der Waals surface area (Å²) in [5.41, 5.74) is 3.81. The first-order chi connectivity index (χ1) is 15.0. The third-order valence-electron chi connectivity index (χ3n) is 4.47. The molecule has 1 amide bonds. The Bertz CT molecular complexity index is 995. The SMILES string of the molecule is CCOc1cc(CNCc2cccnc2)c(Cl)cc1OCC(=O)Nc1ccc(C)cc1. The summed E-state index contributed by atoms with van der Waals surface area (Å²) < 4.78 is 11.4. The number of pyridine rings is 1. The maximum Gasteiger partial charge on any atom is 0.262 e. The molecule has 2 aromatic carbocycles. The summed E-state index contributed by atoms with van der Waals surface area (Å²) in [7, 11) is 0. The van der Waals surface area contributed by atoms with Crippen molar-refractivity contribution in [1.82, 2.24) is 10.3 Å². The fraction of sp³-hybridized carbons (Fsp3) is 0.250. The first kappa shape index (κ1) is 22.6. The van der Waals surface area contributed by atoms with Crippen molar-refractivity contribution < 1.29 is 14.3 Å². The van der Waals surface area contributed by atoms with Crippen LogP contribution < -0.4 is 20.1 Å². The molecule has 31 heavy (non-hydrogen) atoms. The number of aromatic nitrogens is 1. The number of hydrogen-bond donors (Lipinski definition) is 2. The number of amides is 1. The van der Waals surface area contributed by atoms with Crippen molar-refractivity contribution in [3.05, 3.63) is 82.6 Å². The highest BCUT2D eigenvalue weighted by molar-refractivity contribution is 6.31. The van der Waals surface area contributed by atoms with Crippen LogP contribution in [0.15, 0.2) is 60.9 Å². The van der Waals surface area contributed by atoms with Gasteiger partial charge in [-0.3, -0.25) is 9.78 Å². The van der Waals surface area contributed by atoms with Crippen molar-refractivity contribution in [1.29, 1.82) is 0 Å². The summed E-state index contributed by atoms with van der Waals surface area (Å²) in [4.78, 5) is 16.4. The third-order valence-corrected chi connectivity index (χ3v) is 4.83. The highest BCUT2D eigenvalue weighted by atomic mass is 35.5. The van der Waals surface area contributed by atoms with Crippen molar-refractivity contribution in [2.75, 3.05) is 18.5 Å². The minimum atomic E-state index is -0.260. The predicted molar refractivity (Wildman–Crippen MR) is 123 cm³/mol. The third kappa shape index (κ3) is 6.98. The van der Waals surface area contributed by atoms with E-state index >= 15 is 0 Å². The van der Waals surface area contributed by atoms with Crippen LogP contribution in [0.2, 0.25) is 5.02 Å². The van der Waals surface area contributed by atoms with Crippen LogP contribution in [0.25, 0.3) is 0 Å². The largest absolute Gasteiger partial charge is 0.490 e. The number of ether oxygens (including phenoxy) is 2. The second kappa shape index (κ2) is 11.3. The number of hydrogen-bond acceptors (Lipinski definition) is 5. The molecule has 1 aromatic heterocycles. The highest BCUT2D eigenvalue weighted by Gasteiger charge is 2.13. The van der Waals surface area contributed by atoms with Crippen LogP contribution in [0.4, 0.5) is 5.69 Å². The van der Waals surface area contributed by atoms with E-state index in [1.54, 1.807) is 12.3 Å². The molecule has 0 aliphatic heterocycles. The van der Waals surface area contributed by atoms with Crippen molar-refractivity contribution in [3.63, 3.8) is 0 Å². The molecule has 0 saturated heterocycles. The van der Waals surface area contributed by atoms with Crippen LogP contribution in [-0.2, 0) is 17.9 Å². The van der Waals surface area contributed by atoms with E-state index in [1.807, 2.05) is 62.5 Å². The Morgan fingerprint density at radius 2 is 1.84 bits per heavy atom. The smallest absolute Gasteiger partial charge is 0.262 e. The van der Waals surface area contributed by atoms with Gasteiger partial charge in [0.2, 0.25) is 0 Å². The molecule has 2 N–H and O–H groups in total. The van der Waals surface area contributed by atoms with E-state index in [0.717, 1.165) is 22.4 Å². The molecule has 0 spiro atoms. The van der Waals surface area contributed by atoms with Crippen molar-refractivity contribution in [3.8, 4) is 11.5 Å². The molecule has 0 radical (unpaired) electrons. The van der Waals surface area contributed by atoms with E-state index in [-0.39, 0.29) is 12.5 Å². The molecule has 0 atom stereocenters. The minimum absolute atomic E-state index is 0.150. The monoisotopic (exact) mass is 439 g/mol. The van der Waals surface area contributed by atoms with E-state index < -0.39 is 0 Å². The van der Waals surface area contributed by atoms with Crippen molar-refractivity contribution in [2.45, 2.75) is 26.9 Å². The minimum Gasteiger partial charge on any atom is -0.490 e. The Balaban J connectivity index is 1.60. The summed E-state index contributed by atoms with van der Waals surface area (Å²) >= 11 is 6.45. The van der Waals surface area contributed by atoms with Crippen LogP contribution in [0.3, 0.4) is 0 Å². The van der Waals surface area contributed by atoms with Crippen LogP contribution in [0.5, 0.6) is 11.5 Å².